The van der Waals surface area contributed by atoms with Gasteiger partial charge < -0.3 is 9.47 Å². The molecule has 0 saturated heterocycles. The van der Waals surface area contributed by atoms with E-state index in [0.717, 1.165) is 16.7 Å². The van der Waals surface area contributed by atoms with Crippen LogP contribution in [-0.2, 0) is 0 Å². The summed E-state index contributed by atoms with van der Waals surface area (Å²) in [6.07, 6.45) is 1.83. The van der Waals surface area contributed by atoms with Crippen molar-refractivity contribution in [2.75, 3.05) is 13.2 Å². The van der Waals surface area contributed by atoms with Crippen molar-refractivity contribution in [2.24, 2.45) is 0 Å². The zero-order chi connectivity index (χ0) is 20.4. The number of aromatic nitrogens is 3. The molecule has 0 spiro atoms. The Balaban J connectivity index is 1.74. The summed E-state index contributed by atoms with van der Waals surface area (Å²) < 4.78 is 13.2. The molecule has 0 radical (unpaired) electrons. The van der Waals surface area contributed by atoms with Crippen LogP contribution in [0.15, 0.2) is 47.3 Å². The van der Waals surface area contributed by atoms with E-state index in [2.05, 4.69) is 10.1 Å². The topological polar surface area (TPSA) is 65.7 Å². The molecular formula is C22H21N3O3S. The van der Waals surface area contributed by atoms with Crippen molar-refractivity contribution in [3.05, 3.63) is 68.5 Å². The monoisotopic (exact) mass is 407 g/mol. The smallest absolute Gasteiger partial charge is 0.291 e. The molecule has 2 aromatic heterocycles. The third-order valence-corrected chi connectivity index (χ3v) is 5.28. The average Bonchev–Trinajstić information content (AvgIpc) is 3.24. The average molecular weight is 407 g/mol. The number of ether oxygens (including phenoxy) is 2. The number of thiazole rings is 1. The maximum absolute atomic E-state index is 12.8. The van der Waals surface area contributed by atoms with Crippen LogP contribution >= 0.6 is 11.3 Å². The number of hydrogen-bond acceptors (Lipinski definition) is 6. The van der Waals surface area contributed by atoms with E-state index in [1.165, 1.54) is 15.9 Å². The van der Waals surface area contributed by atoms with Gasteiger partial charge in [0.25, 0.3) is 5.56 Å². The Morgan fingerprint density at radius 3 is 2.59 bits per heavy atom. The van der Waals surface area contributed by atoms with Gasteiger partial charge in [0.15, 0.2) is 17.3 Å². The highest BCUT2D eigenvalue weighted by Crippen LogP contribution is 2.28. The minimum Gasteiger partial charge on any atom is -0.490 e. The maximum Gasteiger partial charge on any atom is 0.291 e. The first-order valence-corrected chi connectivity index (χ1v) is 10.3. The second kappa shape index (κ2) is 8.05. The molecule has 0 aliphatic heterocycles. The van der Waals surface area contributed by atoms with Gasteiger partial charge in [-0.15, -0.1) is 5.10 Å². The Morgan fingerprint density at radius 2 is 1.86 bits per heavy atom. The summed E-state index contributed by atoms with van der Waals surface area (Å²) in [4.78, 5) is 17.9. The van der Waals surface area contributed by atoms with E-state index in [9.17, 15) is 4.79 Å². The van der Waals surface area contributed by atoms with Gasteiger partial charge in [-0.3, -0.25) is 4.79 Å². The van der Waals surface area contributed by atoms with Crippen LogP contribution in [0.2, 0.25) is 0 Å². The van der Waals surface area contributed by atoms with Crippen LogP contribution in [0.3, 0.4) is 0 Å². The lowest BCUT2D eigenvalue weighted by Gasteiger charge is -2.11. The second-order valence-corrected chi connectivity index (χ2v) is 7.50. The fourth-order valence-corrected chi connectivity index (χ4v) is 3.96. The van der Waals surface area contributed by atoms with Gasteiger partial charge in [-0.1, -0.05) is 41.2 Å². The quantitative estimate of drug-likeness (QED) is 0.490. The van der Waals surface area contributed by atoms with Crippen LogP contribution in [-0.4, -0.2) is 27.8 Å². The van der Waals surface area contributed by atoms with Gasteiger partial charge >= 0.3 is 0 Å². The van der Waals surface area contributed by atoms with Gasteiger partial charge in [0.05, 0.1) is 17.7 Å². The van der Waals surface area contributed by atoms with E-state index in [4.69, 9.17) is 9.47 Å². The molecule has 0 N–H and O–H groups in total. The van der Waals surface area contributed by atoms with Gasteiger partial charge in [-0.25, -0.2) is 0 Å². The number of nitrogens with zero attached hydrogens (tertiary/aromatic N) is 3. The first-order valence-electron chi connectivity index (χ1n) is 9.47. The SMILES string of the molecule is CCOc1ccc(C=c2sc3nc(-c4cccc(C)c4)nn3c2=O)cc1OCC. The fourth-order valence-electron chi connectivity index (χ4n) is 3.05. The summed E-state index contributed by atoms with van der Waals surface area (Å²) >= 11 is 1.32. The maximum atomic E-state index is 12.8. The third-order valence-electron chi connectivity index (χ3n) is 4.32. The number of aryl methyl sites for hydroxylation is 1. The highest BCUT2D eigenvalue weighted by atomic mass is 32.1. The van der Waals surface area contributed by atoms with Crippen LogP contribution < -0.4 is 19.6 Å². The Hall–Kier alpha value is -3.19. The van der Waals surface area contributed by atoms with Crippen molar-refractivity contribution in [1.82, 2.24) is 14.6 Å². The lowest BCUT2D eigenvalue weighted by atomic mass is 10.1. The first-order chi connectivity index (χ1) is 14.1. The predicted octanol–water partition coefficient (Wildman–Crippen LogP) is 3.47. The molecule has 0 saturated carbocycles. The summed E-state index contributed by atoms with van der Waals surface area (Å²) in [6, 6.07) is 13.6. The van der Waals surface area contributed by atoms with Gasteiger partial charge in [0.2, 0.25) is 4.96 Å². The highest BCUT2D eigenvalue weighted by molar-refractivity contribution is 7.15. The summed E-state index contributed by atoms with van der Waals surface area (Å²) in [5.74, 6) is 1.92. The molecule has 2 heterocycles. The van der Waals surface area contributed by atoms with Gasteiger partial charge in [0, 0.05) is 5.56 Å². The summed E-state index contributed by atoms with van der Waals surface area (Å²) in [6.45, 7) is 6.97. The zero-order valence-corrected chi connectivity index (χ0v) is 17.3. The molecule has 0 bridgehead atoms. The molecule has 7 heteroatoms. The van der Waals surface area contributed by atoms with E-state index < -0.39 is 0 Å². The van der Waals surface area contributed by atoms with E-state index in [-0.39, 0.29) is 5.56 Å². The van der Waals surface area contributed by atoms with E-state index >= 15 is 0 Å². The molecule has 6 nitrogen and oxygen atoms in total. The first kappa shape index (κ1) is 19.1. The minimum atomic E-state index is -0.178. The lowest BCUT2D eigenvalue weighted by Crippen LogP contribution is -2.23. The molecule has 0 fully saturated rings. The molecule has 0 aliphatic carbocycles. The number of benzene rings is 2. The van der Waals surface area contributed by atoms with Crippen LogP contribution in [0.4, 0.5) is 0 Å². The molecule has 29 heavy (non-hydrogen) atoms. The summed E-state index contributed by atoms with van der Waals surface area (Å²) in [7, 11) is 0. The van der Waals surface area contributed by atoms with E-state index in [1.54, 1.807) is 0 Å². The summed E-state index contributed by atoms with van der Waals surface area (Å²) in [5, 5.41) is 4.41. The molecular weight excluding hydrogens is 386 g/mol. The van der Waals surface area contributed by atoms with Crippen molar-refractivity contribution in [3.8, 4) is 22.9 Å². The van der Waals surface area contributed by atoms with E-state index in [0.29, 0.717) is 40.0 Å². The van der Waals surface area contributed by atoms with Gasteiger partial charge in [-0.2, -0.15) is 9.50 Å². The molecule has 0 aliphatic rings. The van der Waals surface area contributed by atoms with Crippen molar-refractivity contribution in [2.45, 2.75) is 20.8 Å². The minimum absolute atomic E-state index is 0.178. The van der Waals surface area contributed by atoms with Crippen molar-refractivity contribution < 1.29 is 9.47 Å². The normalized spacial score (nSPS) is 11.9. The molecule has 2 aromatic carbocycles. The molecule has 0 unspecified atom stereocenters. The number of rotatable bonds is 6. The fraction of sp³-hybridized carbons (Fsp3) is 0.227. The van der Waals surface area contributed by atoms with Crippen molar-refractivity contribution >= 4 is 22.4 Å². The summed E-state index contributed by atoms with van der Waals surface area (Å²) in [5.41, 5.74) is 2.71. The Kier molecular flexibility index (Phi) is 5.31. The van der Waals surface area contributed by atoms with Gasteiger partial charge in [-0.05, 0) is 50.6 Å². The third kappa shape index (κ3) is 3.86. The van der Waals surface area contributed by atoms with Crippen LogP contribution in [0.5, 0.6) is 11.5 Å². The van der Waals surface area contributed by atoms with Crippen LogP contribution in [0, 0.1) is 6.92 Å². The highest BCUT2D eigenvalue weighted by Gasteiger charge is 2.12. The molecule has 4 rings (SSSR count). The Labute approximate surface area is 172 Å². The Morgan fingerprint density at radius 1 is 1.07 bits per heavy atom. The van der Waals surface area contributed by atoms with Crippen molar-refractivity contribution in [1.29, 1.82) is 0 Å². The molecule has 148 valence electrons. The van der Waals surface area contributed by atoms with Crippen LogP contribution in [0.25, 0.3) is 22.4 Å². The standard InChI is InChI=1S/C22H21N3O3S/c1-4-27-17-10-9-15(12-18(17)28-5-2)13-19-21(26)25-22(29-19)23-20(24-25)16-8-6-7-14(3)11-16/h6-13H,4-5H2,1-3H3. The number of hydrogen-bond donors (Lipinski definition) is 0. The van der Waals surface area contributed by atoms with E-state index in [1.807, 2.05) is 69.3 Å². The van der Waals surface area contributed by atoms with Gasteiger partial charge in [0.1, 0.15) is 0 Å². The predicted molar refractivity (Wildman–Crippen MR) is 115 cm³/mol. The zero-order valence-electron chi connectivity index (χ0n) is 16.5. The second-order valence-electron chi connectivity index (χ2n) is 6.49. The molecule has 0 amide bonds. The Bertz CT molecular complexity index is 1280. The van der Waals surface area contributed by atoms with Crippen LogP contribution in [0.1, 0.15) is 25.0 Å². The number of fused-ring (bicyclic) bond motifs is 1. The van der Waals surface area contributed by atoms with Crippen molar-refractivity contribution in [3.63, 3.8) is 0 Å². The lowest BCUT2D eigenvalue weighted by molar-refractivity contribution is 0.287. The molecule has 4 aromatic rings. The largest absolute Gasteiger partial charge is 0.490 e. The molecule has 0 atom stereocenters.